The van der Waals surface area contributed by atoms with Gasteiger partial charge in [0, 0.05) is 6.54 Å². The standard InChI is InChI=1S/C11H12N2O/c1-2-13-10-6-4-3-5-9(10)12-11(13)7-8-14/h3-6,8H,2,7H2,1H3. The summed E-state index contributed by atoms with van der Waals surface area (Å²) >= 11 is 0. The van der Waals surface area contributed by atoms with Crippen molar-refractivity contribution in [2.24, 2.45) is 0 Å². The van der Waals surface area contributed by atoms with E-state index in [2.05, 4.69) is 16.5 Å². The Balaban J connectivity index is 2.65. The van der Waals surface area contributed by atoms with Crippen LogP contribution < -0.4 is 0 Å². The first-order chi connectivity index (χ1) is 6.86. The maximum Gasteiger partial charge on any atom is 0.127 e. The number of carbonyl (C=O) groups excluding carboxylic acids is 1. The van der Waals surface area contributed by atoms with Crippen LogP contribution in [0, 0.1) is 0 Å². The molecule has 0 atom stereocenters. The van der Waals surface area contributed by atoms with E-state index >= 15 is 0 Å². The van der Waals surface area contributed by atoms with E-state index in [0.717, 1.165) is 29.7 Å². The van der Waals surface area contributed by atoms with E-state index in [9.17, 15) is 4.79 Å². The zero-order valence-electron chi connectivity index (χ0n) is 8.10. The van der Waals surface area contributed by atoms with Gasteiger partial charge in [-0.2, -0.15) is 0 Å². The Kier molecular flexibility index (Phi) is 2.31. The number of aldehydes is 1. The van der Waals surface area contributed by atoms with E-state index in [0.29, 0.717) is 6.42 Å². The summed E-state index contributed by atoms with van der Waals surface area (Å²) in [4.78, 5) is 14.9. The third-order valence-electron chi connectivity index (χ3n) is 2.32. The monoisotopic (exact) mass is 188 g/mol. The van der Waals surface area contributed by atoms with E-state index in [1.807, 2.05) is 24.3 Å². The van der Waals surface area contributed by atoms with E-state index in [1.54, 1.807) is 0 Å². The normalized spacial score (nSPS) is 10.6. The van der Waals surface area contributed by atoms with Crippen molar-refractivity contribution in [3.63, 3.8) is 0 Å². The van der Waals surface area contributed by atoms with Crippen LogP contribution in [0.1, 0.15) is 12.7 Å². The SMILES string of the molecule is CCn1c(CC=O)nc2ccccc21. The lowest BCUT2D eigenvalue weighted by Gasteiger charge is -2.02. The molecule has 72 valence electrons. The Labute approximate surface area is 82.4 Å². The predicted molar refractivity (Wildman–Crippen MR) is 55.2 cm³/mol. The van der Waals surface area contributed by atoms with Crippen LogP contribution in [0.15, 0.2) is 24.3 Å². The first-order valence-electron chi connectivity index (χ1n) is 4.74. The molecule has 0 amide bonds. The first-order valence-corrected chi connectivity index (χ1v) is 4.74. The van der Waals surface area contributed by atoms with Crippen LogP contribution in [0.2, 0.25) is 0 Å². The number of fused-ring (bicyclic) bond motifs is 1. The number of carbonyl (C=O) groups is 1. The number of nitrogens with zero attached hydrogens (tertiary/aromatic N) is 2. The summed E-state index contributed by atoms with van der Waals surface area (Å²) in [6, 6.07) is 7.94. The molecule has 0 aliphatic carbocycles. The second-order valence-corrected chi connectivity index (χ2v) is 3.13. The lowest BCUT2D eigenvalue weighted by molar-refractivity contribution is -0.107. The minimum Gasteiger partial charge on any atom is -0.328 e. The summed E-state index contributed by atoms with van der Waals surface area (Å²) in [6.45, 7) is 2.91. The molecule has 0 spiro atoms. The van der Waals surface area contributed by atoms with Gasteiger partial charge in [-0.05, 0) is 19.1 Å². The van der Waals surface area contributed by atoms with Gasteiger partial charge in [0.25, 0.3) is 0 Å². The van der Waals surface area contributed by atoms with Gasteiger partial charge in [0.2, 0.25) is 0 Å². The molecule has 0 bridgehead atoms. The van der Waals surface area contributed by atoms with Crippen LogP contribution in [-0.2, 0) is 17.8 Å². The molecule has 2 aromatic rings. The highest BCUT2D eigenvalue weighted by Gasteiger charge is 2.07. The topological polar surface area (TPSA) is 34.9 Å². The summed E-state index contributed by atoms with van der Waals surface area (Å²) in [7, 11) is 0. The molecule has 2 rings (SSSR count). The minimum atomic E-state index is 0.391. The Morgan fingerprint density at radius 3 is 2.93 bits per heavy atom. The molecule has 1 aromatic heterocycles. The summed E-state index contributed by atoms with van der Waals surface area (Å²) in [5, 5.41) is 0. The average molecular weight is 188 g/mol. The Morgan fingerprint density at radius 1 is 1.43 bits per heavy atom. The number of aromatic nitrogens is 2. The third-order valence-corrected chi connectivity index (χ3v) is 2.32. The van der Waals surface area contributed by atoms with Gasteiger partial charge in [-0.25, -0.2) is 4.98 Å². The van der Waals surface area contributed by atoms with Gasteiger partial charge in [0.1, 0.15) is 12.1 Å². The second-order valence-electron chi connectivity index (χ2n) is 3.13. The molecule has 3 heteroatoms. The van der Waals surface area contributed by atoms with Crippen LogP contribution in [0.25, 0.3) is 11.0 Å². The Morgan fingerprint density at radius 2 is 2.21 bits per heavy atom. The van der Waals surface area contributed by atoms with Crippen LogP contribution in [0.4, 0.5) is 0 Å². The molecule has 0 N–H and O–H groups in total. The maximum absolute atomic E-state index is 10.5. The zero-order valence-corrected chi connectivity index (χ0v) is 8.10. The van der Waals surface area contributed by atoms with E-state index < -0.39 is 0 Å². The van der Waals surface area contributed by atoms with Crippen LogP contribution in [0.5, 0.6) is 0 Å². The molecule has 0 radical (unpaired) electrons. The number of aryl methyl sites for hydroxylation is 1. The van der Waals surface area contributed by atoms with Gasteiger partial charge in [-0.1, -0.05) is 12.1 Å². The molecule has 1 heterocycles. The van der Waals surface area contributed by atoms with Crippen molar-refractivity contribution in [1.82, 2.24) is 9.55 Å². The molecule has 1 aromatic carbocycles. The maximum atomic E-state index is 10.5. The number of hydrogen-bond acceptors (Lipinski definition) is 2. The molecule has 0 aliphatic heterocycles. The van der Waals surface area contributed by atoms with Crippen molar-refractivity contribution in [1.29, 1.82) is 0 Å². The van der Waals surface area contributed by atoms with Crippen molar-refractivity contribution in [2.75, 3.05) is 0 Å². The van der Waals surface area contributed by atoms with Gasteiger partial charge in [-0.3, -0.25) is 0 Å². The Bertz CT molecular complexity index is 459. The highest BCUT2D eigenvalue weighted by atomic mass is 16.1. The number of para-hydroxylation sites is 2. The third kappa shape index (κ3) is 1.31. The van der Waals surface area contributed by atoms with Gasteiger partial charge < -0.3 is 9.36 Å². The molecular weight excluding hydrogens is 176 g/mol. The number of benzene rings is 1. The van der Waals surface area contributed by atoms with Crippen molar-refractivity contribution in [3.05, 3.63) is 30.1 Å². The molecule has 14 heavy (non-hydrogen) atoms. The largest absolute Gasteiger partial charge is 0.328 e. The predicted octanol–water partition coefficient (Wildman–Crippen LogP) is 1.80. The van der Waals surface area contributed by atoms with Crippen molar-refractivity contribution >= 4 is 17.3 Å². The van der Waals surface area contributed by atoms with Crippen LogP contribution in [0.3, 0.4) is 0 Å². The number of imidazole rings is 1. The fourth-order valence-corrected chi connectivity index (χ4v) is 1.71. The average Bonchev–Trinajstić information content (AvgIpc) is 2.55. The quantitative estimate of drug-likeness (QED) is 0.688. The molecule has 3 nitrogen and oxygen atoms in total. The fourth-order valence-electron chi connectivity index (χ4n) is 1.71. The van der Waals surface area contributed by atoms with Crippen molar-refractivity contribution in [2.45, 2.75) is 19.9 Å². The lowest BCUT2D eigenvalue weighted by Crippen LogP contribution is -2.01. The van der Waals surface area contributed by atoms with E-state index in [4.69, 9.17) is 0 Å². The van der Waals surface area contributed by atoms with Crippen molar-refractivity contribution in [3.8, 4) is 0 Å². The van der Waals surface area contributed by atoms with Gasteiger partial charge in [0.15, 0.2) is 0 Å². The number of rotatable bonds is 3. The van der Waals surface area contributed by atoms with Gasteiger partial charge in [-0.15, -0.1) is 0 Å². The summed E-state index contributed by atoms with van der Waals surface area (Å²) in [5.74, 6) is 0.851. The first kappa shape index (κ1) is 8.94. The minimum absolute atomic E-state index is 0.391. The molecule has 0 fully saturated rings. The highest BCUT2D eigenvalue weighted by Crippen LogP contribution is 2.15. The summed E-state index contributed by atoms with van der Waals surface area (Å²) in [6.07, 6.45) is 1.29. The zero-order chi connectivity index (χ0) is 9.97. The lowest BCUT2D eigenvalue weighted by atomic mass is 10.3. The molecule has 0 unspecified atom stereocenters. The van der Waals surface area contributed by atoms with Gasteiger partial charge >= 0.3 is 0 Å². The van der Waals surface area contributed by atoms with E-state index in [-0.39, 0.29) is 0 Å². The van der Waals surface area contributed by atoms with Crippen LogP contribution in [-0.4, -0.2) is 15.8 Å². The smallest absolute Gasteiger partial charge is 0.127 e. The summed E-state index contributed by atoms with van der Waals surface area (Å²) < 4.78 is 2.07. The second kappa shape index (κ2) is 3.62. The van der Waals surface area contributed by atoms with Gasteiger partial charge in [0.05, 0.1) is 17.5 Å². The van der Waals surface area contributed by atoms with Crippen molar-refractivity contribution < 1.29 is 4.79 Å². The molecular formula is C11H12N2O. The highest BCUT2D eigenvalue weighted by molar-refractivity contribution is 5.76. The molecule has 0 saturated heterocycles. The Hall–Kier alpha value is -1.64. The van der Waals surface area contributed by atoms with E-state index in [1.165, 1.54) is 0 Å². The fraction of sp³-hybridized carbons (Fsp3) is 0.273. The number of hydrogen-bond donors (Lipinski definition) is 0. The molecule has 0 aliphatic rings. The summed E-state index contributed by atoms with van der Waals surface area (Å²) in [5.41, 5.74) is 2.07. The van der Waals surface area contributed by atoms with Crippen LogP contribution >= 0.6 is 0 Å². The molecule has 0 saturated carbocycles.